The molecule has 0 aliphatic carbocycles. The number of aromatic amines is 1. The van der Waals surface area contributed by atoms with Gasteiger partial charge in [-0.2, -0.15) is 5.10 Å². The minimum Gasteiger partial charge on any atom is -0.471 e. The highest BCUT2D eigenvalue weighted by atomic mass is 79.9. The third kappa shape index (κ3) is 4.14. The quantitative estimate of drug-likeness (QED) is 0.452. The van der Waals surface area contributed by atoms with E-state index in [0.717, 1.165) is 16.9 Å². The number of nitrogens with one attached hydrogen (secondary N) is 2. The van der Waals surface area contributed by atoms with Crippen molar-refractivity contribution in [2.24, 2.45) is 0 Å². The van der Waals surface area contributed by atoms with Crippen LogP contribution in [0.15, 0.2) is 35.1 Å². The van der Waals surface area contributed by atoms with Crippen LogP contribution in [0.25, 0.3) is 0 Å². The summed E-state index contributed by atoms with van der Waals surface area (Å²) in [4.78, 5) is 22.3. The number of amides is 1. The predicted molar refractivity (Wildman–Crippen MR) is 99.7 cm³/mol. The van der Waals surface area contributed by atoms with Gasteiger partial charge in [0.2, 0.25) is 0 Å². The fourth-order valence-corrected chi connectivity index (χ4v) is 2.88. The molecule has 0 unspecified atom stereocenters. The van der Waals surface area contributed by atoms with Crippen LogP contribution in [0.3, 0.4) is 0 Å². The average molecular weight is 435 g/mol. The lowest BCUT2D eigenvalue weighted by atomic mass is 10.1. The molecule has 0 aliphatic rings. The second kappa shape index (κ2) is 7.58. The van der Waals surface area contributed by atoms with Gasteiger partial charge in [-0.15, -0.1) is 5.10 Å². The number of ether oxygens (including phenoxy) is 1. The Labute approximate surface area is 161 Å². The van der Waals surface area contributed by atoms with Gasteiger partial charge in [-0.3, -0.25) is 4.79 Å². The van der Waals surface area contributed by atoms with Gasteiger partial charge < -0.3 is 20.2 Å². The fourth-order valence-electron chi connectivity index (χ4n) is 2.38. The summed E-state index contributed by atoms with van der Waals surface area (Å²) in [6.45, 7) is 4.13. The van der Waals surface area contributed by atoms with Crippen molar-refractivity contribution in [1.82, 2.24) is 20.0 Å². The normalized spacial score (nSPS) is 10.6. The molecule has 0 atom stereocenters. The molecule has 0 fully saturated rings. The van der Waals surface area contributed by atoms with Crippen LogP contribution in [0.1, 0.15) is 21.6 Å². The van der Waals surface area contributed by atoms with Crippen LogP contribution in [0, 0.1) is 24.0 Å². The minimum absolute atomic E-state index is 0.0180. The minimum atomic E-state index is -0.670. The molecule has 1 aromatic carbocycles. The van der Waals surface area contributed by atoms with E-state index in [4.69, 9.17) is 4.74 Å². The van der Waals surface area contributed by atoms with E-state index in [0.29, 0.717) is 5.69 Å². The Morgan fingerprint density at radius 1 is 1.44 bits per heavy atom. The van der Waals surface area contributed by atoms with E-state index in [-0.39, 0.29) is 16.9 Å². The van der Waals surface area contributed by atoms with E-state index in [1.165, 1.54) is 10.9 Å². The van der Waals surface area contributed by atoms with Crippen molar-refractivity contribution in [1.29, 1.82) is 0 Å². The Kier molecular flexibility index (Phi) is 5.21. The summed E-state index contributed by atoms with van der Waals surface area (Å²) >= 11 is 3.00. The number of aryl methyl sites for hydroxylation is 2. The number of rotatable bonds is 6. The first-order valence-corrected chi connectivity index (χ1v) is 8.56. The van der Waals surface area contributed by atoms with Gasteiger partial charge in [0.15, 0.2) is 12.4 Å². The maximum Gasteiger partial charge on any atom is 0.357 e. The predicted octanol–water partition coefficient (Wildman–Crippen LogP) is 3.18. The number of aromatic nitrogens is 4. The molecule has 3 rings (SSSR count). The summed E-state index contributed by atoms with van der Waals surface area (Å²) in [6, 6.07) is 5.86. The molecular formula is C16H15BrN6O4. The molecule has 0 radical (unpaired) electrons. The number of carbonyl (C=O) groups is 1. The van der Waals surface area contributed by atoms with Crippen molar-refractivity contribution >= 4 is 33.3 Å². The first-order chi connectivity index (χ1) is 12.8. The summed E-state index contributed by atoms with van der Waals surface area (Å²) in [5, 5.41) is 23.3. The lowest BCUT2D eigenvalue weighted by Gasteiger charge is -2.09. The van der Waals surface area contributed by atoms with Crippen molar-refractivity contribution in [2.75, 3.05) is 5.32 Å². The summed E-state index contributed by atoms with van der Waals surface area (Å²) in [5.41, 5.74) is 2.44. The largest absolute Gasteiger partial charge is 0.471 e. The Hall–Kier alpha value is -3.21. The fraction of sp³-hybridized carbons (Fsp3) is 0.188. The number of benzene rings is 1. The number of hydrogen-bond donors (Lipinski definition) is 2. The average Bonchev–Trinajstić information content (AvgIpc) is 3.20. The zero-order valence-corrected chi connectivity index (χ0v) is 16.0. The Balaban J connectivity index is 1.64. The summed E-state index contributed by atoms with van der Waals surface area (Å²) < 4.78 is 7.21. The van der Waals surface area contributed by atoms with Gasteiger partial charge in [0.25, 0.3) is 5.91 Å². The number of carbonyl (C=O) groups excluding carboxylic acids is 1. The van der Waals surface area contributed by atoms with Crippen molar-refractivity contribution in [2.45, 2.75) is 20.6 Å². The van der Waals surface area contributed by atoms with E-state index < -0.39 is 16.6 Å². The van der Waals surface area contributed by atoms with E-state index in [9.17, 15) is 14.9 Å². The molecule has 0 bridgehead atoms. The van der Waals surface area contributed by atoms with Crippen LogP contribution >= 0.6 is 15.9 Å². The topological polar surface area (TPSA) is 128 Å². The van der Waals surface area contributed by atoms with E-state index in [1.807, 2.05) is 32.0 Å². The molecule has 1 amide bonds. The van der Waals surface area contributed by atoms with Crippen molar-refractivity contribution < 1.29 is 14.5 Å². The molecule has 11 heteroatoms. The lowest BCUT2D eigenvalue weighted by molar-refractivity contribution is -0.390. The molecule has 0 spiro atoms. The number of nitro groups is 1. The molecule has 2 heterocycles. The molecule has 3 aromatic rings. The van der Waals surface area contributed by atoms with Gasteiger partial charge >= 0.3 is 5.82 Å². The number of nitrogens with zero attached hydrogens (tertiary/aromatic N) is 4. The number of anilines is 1. The molecule has 0 aliphatic heterocycles. The monoisotopic (exact) mass is 434 g/mol. The third-order valence-electron chi connectivity index (χ3n) is 3.66. The molecular weight excluding hydrogens is 420 g/mol. The Morgan fingerprint density at radius 2 is 2.22 bits per heavy atom. The summed E-state index contributed by atoms with van der Waals surface area (Å²) in [7, 11) is 0. The van der Waals surface area contributed by atoms with Gasteiger partial charge in [0.05, 0.1) is 18.1 Å². The number of hydrogen-bond acceptors (Lipinski definition) is 6. The Bertz CT molecular complexity index is 1010. The van der Waals surface area contributed by atoms with Gasteiger partial charge in [-0.25, -0.2) is 4.68 Å². The van der Waals surface area contributed by atoms with Crippen molar-refractivity contribution in [3.05, 3.63) is 62.0 Å². The van der Waals surface area contributed by atoms with Crippen LogP contribution < -0.4 is 10.1 Å². The first kappa shape index (κ1) is 18.6. The van der Waals surface area contributed by atoms with Crippen molar-refractivity contribution in [3.63, 3.8) is 0 Å². The van der Waals surface area contributed by atoms with E-state index >= 15 is 0 Å². The highest BCUT2D eigenvalue weighted by Gasteiger charge is 2.24. The molecule has 2 aromatic heterocycles. The van der Waals surface area contributed by atoms with Gasteiger partial charge in [0, 0.05) is 0 Å². The van der Waals surface area contributed by atoms with E-state index in [2.05, 4.69) is 36.5 Å². The third-order valence-corrected chi connectivity index (χ3v) is 4.41. The first-order valence-electron chi connectivity index (χ1n) is 7.77. The number of H-pyrrole nitrogens is 1. The lowest BCUT2D eigenvalue weighted by Crippen LogP contribution is -2.12. The maximum absolute atomic E-state index is 12.2. The summed E-state index contributed by atoms with van der Waals surface area (Å²) in [5.74, 6) is -0.256. The molecule has 0 saturated carbocycles. The maximum atomic E-state index is 12.2. The second-order valence-corrected chi connectivity index (χ2v) is 6.55. The molecule has 0 saturated heterocycles. The zero-order valence-electron chi connectivity index (χ0n) is 14.4. The summed E-state index contributed by atoms with van der Waals surface area (Å²) in [6.07, 6.45) is 3.02. The van der Waals surface area contributed by atoms with Crippen LogP contribution in [0.2, 0.25) is 0 Å². The highest BCUT2D eigenvalue weighted by molar-refractivity contribution is 9.10. The van der Waals surface area contributed by atoms with Gasteiger partial charge in [0.1, 0.15) is 10.2 Å². The van der Waals surface area contributed by atoms with Crippen LogP contribution in [0.5, 0.6) is 5.75 Å². The van der Waals surface area contributed by atoms with Gasteiger partial charge in [-0.1, -0.05) is 22.8 Å². The molecule has 2 N–H and O–H groups in total. The second-order valence-electron chi connectivity index (χ2n) is 5.76. The smallest absolute Gasteiger partial charge is 0.357 e. The van der Waals surface area contributed by atoms with Crippen LogP contribution in [-0.4, -0.2) is 30.8 Å². The Morgan fingerprint density at radius 3 is 2.89 bits per heavy atom. The standard InChI is InChI=1S/C16H15BrN6O4/c1-9-3-4-12(10(2)5-9)27-8-22-7-11(6-18-22)19-16(24)14-13(17)15(21-20-14)23(25)26/h3-7H,8H2,1-2H3,(H,19,24)(H,20,21). The zero-order chi connectivity index (χ0) is 19.6. The van der Waals surface area contributed by atoms with Gasteiger partial charge in [-0.05, 0) is 46.3 Å². The van der Waals surface area contributed by atoms with Crippen LogP contribution in [-0.2, 0) is 6.73 Å². The van der Waals surface area contributed by atoms with E-state index in [1.54, 1.807) is 6.20 Å². The molecule has 27 heavy (non-hydrogen) atoms. The highest BCUT2D eigenvalue weighted by Crippen LogP contribution is 2.26. The molecule has 140 valence electrons. The number of halogens is 1. The molecule has 10 nitrogen and oxygen atoms in total. The SMILES string of the molecule is Cc1ccc(OCn2cc(NC(=O)c3n[nH]c([N+](=O)[O-])c3Br)cn2)c(C)c1. The van der Waals surface area contributed by atoms with Crippen LogP contribution in [0.4, 0.5) is 11.5 Å². The van der Waals surface area contributed by atoms with Crippen molar-refractivity contribution in [3.8, 4) is 5.75 Å².